The van der Waals surface area contributed by atoms with Crippen molar-refractivity contribution in [2.45, 2.75) is 6.92 Å². The summed E-state index contributed by atoms with van der Waals surface area (Å²) >= 11 is 8.26. The maximum Gasteiger partial charge on any atom is 0.322 e. The van der Waals surface area contributed by atoms with Crippen LogP contribution in [0.15, 0.2) is 34.8 Å². The zero-order valence-electron chi connectivity index (χ0n) is 9.55. The van der Waals surface area contributed by atoms with Crippen molar-refractivity contribution >= 4 is 33.1 Å². The molecule has 0 radical (unpaired) electrons. The summed E-state index contributed by atoms with van der Waals surface area (Å²) in [6.07, 6.45) is 0. The number of aromatic nitrogens is 2. The van der Waals surface area contributed by atoms with Crippen LogP contribution in [0.25, 0.3) is 0 Å². The van der Waals surface area contributed by atoms with E-state index in [4.69, 9.17) is 22.7 Å². The third-order valence-corrected chi connectivity index (χ3v) is 2.79. The standard InChI is InChI=1S/C12H10BrN3OS/c1-7-5-10(11(14)18)16-12(15-7)17-9-4-2-3-8(13)6-9/h2-6H,1H3,(H2,14,18). The molecular weight excluding hydrogens is 314 g/mol. The molecule has 0 atom stereocenters. The lowest BCUT2D eigenvalue weighted by atomic mass is 10.3. The van der Waals surface area contributed by atoms with Gasteiger partial charge in [-0.05, 0) is 31.2 Å². The molecule has 1 aromatic heterocycles. The van der Waals surface area contributed by atoms with Gasteiger partial charge in [0.05, 0.1) is 0 Å². The summed E-state index contributed by atoms with van der Waals surface area (Å²) < 4.78 is 6.48. The fourth-order valence-corrected chi connectivity index (χ4v) is 1.83. The molecule has 6 heteroatoms. The van der Waals surface area contributed by atoms with Gasteiger partial charge >= 0.3 is 6.01 Å². The molecule has 92 valence electrons. The normalized spacial score (nSPS) is 10.1. The summed E-state index contributed by atoms with van der Waals surface area (Å²) in [5.41, 5.74) is 6.80. The van der Waals surface area contributed by atoms with Crippen molar-refractivity contribution < 1.29 is 4.74 Å². The molecule has 2 N–H and O–H groups in total. The molecule has 1 aromatic carbocycles. The molecule has 0 saturated carbocycles. The molecule has 0 fully saturated rings. The number of halogens is 1. The summed E-state index contributed by atoms with van der Waals surface area (Å²) in [6.45, 7) is 1.83. The van der Waals surface area contributed by atoms with Gasteiger partial charge in [-0.1, -0.05) is 34.2 Å². The van der Waals surface area contributed by atoms with Crippen LogP contribution in [0.5, 0.6) is 11.8 Å². The van der Waals surface area contributed by atoms with Crippen LogP contribution < -0.4 is 10.5 Å². The van der Waals surface area contributed by atoms with E-state index in [9.17, 15) is 0 Å². The molecule has 0 saturated heterocycles. The van der Waals surface area contributed by atoms with Crippen molar-refractivity contribution in [2.75, 3.05) is 0 Å². The number of thiocarbonyl (C=S) groups is 1. The van der Waals surface area contributed by atoms with Gasteiger partial charge in [0.15, 0.2) is 0 Å². The minimum Gasteiger partial charge on any atom is -0.424 e. The molecular formula is C12H10BrN3OS. The highest BCUT2D eigenvalue weighted by Gasteiger charge is 2.06. The number of rotatable bonds is 3. The number of nitrogens with two attached hydrogens (primary N) is 1. The highest BCUT2D eigenvalue weighted by molar-refractivity contribution is 9.10. The summed E-state index contributed by atoms with van der Waals surface area (Å²) in [7, 11) is 0. The van der Waals surface area contributed by atoms with Crippen molar-refractivity contribution in [2.24, 2.45) is 5.73 Å². The van der Waals surface area contributed by atoms with E-state index in [0.717, 1.165) is 10.2 Å². The second-order valence-electron chi connectivity index (χ2n) is 3.60. The Labute approximate surface area is 118 Å². The van der Waals surface area contributed by atoms with Crippen molar-refractivity contribution in [1.82, 2.24) is 9.97 Å². The molecule has 0 aliphatic heterocycles. The summed E-state index contributed by atoms with van der Waals surface area (Å²) in [5, 5.41) is 0. The first-order chi connectivity index (χ1) is 8.54. The zero-order valence-corrected chi connectivity index (χ0v) is 12.0. The predicted molar refractivity (Wildman–Crippen MR) is 76.9 cm³/mol. The van der Waals surface area contributed by atoms with Gasteiger partial charge in [-0.15, -0.1) is 0 Å². The molecule has 0 amide bonds. The molecule has 0 aliphatic rings. The molecule has 18 heavy (non-hydrogen) atoms. The lowest BCUT2D eigenvalue weighted by Crippen LogP contribution is -2.13. The summed E-state index contributed by atoms with van der Waals surface area (Å²) in [6, 6.07) is 9.36. The van der Waals surface area contributed by atoms with Gasteiger partial charge in [0.1, 0.15) is 16.4 Å². The van der Waals surface area contributed by atoms with Crippen molar-refractivity contribution in [1.29, 1.82) is 0 Å². The highest BCUT2D eigenvalue weighted by Crippen LogP contribution is 2.22. The second-order valence-corrected chi connectivity index (χ2v) is 4.96. The first-order valence-corrected chi connectivity index (χ1v) is 6.33. The Balaban J connectivity index is 2.31. The SMILES string of the molecule is Cc1cc(C(N)=S)nc(Oc2cccc(Br)c2)n1. The van der Waals surface area contributed by atoms with E-state index in [-0.39, 0.29) is 11.0 Å². The van der Waals surface area contributed by atoms with Crippen LogP contribution in [-0.4, -0.2) is 15.0 Å². The van der Waals surface area contributed by atoms with E-state index in [1.807, 2.05) is 31.2 Å². The van der Waals surface area contributed by atoms with Gasteiger partial charge in [0.25, 0.3) is 0 Å². The molecule has 2 rings (SSSR count). The largest absolute Gasteiger partial charge is 0.424 e. The number of hydrogen-bond donors (Lipinski definition) is 1. The quantitative estimate of drug-likeness (QED) is 0.880. The van der Waals surface area contributed by atoms with Gasteiger partial charge in [0.2, 0.25) is 0 Å². The van der Waals surface area contributed by atoms with E-state index in [2.05, 4.69) is 25.9 Å². The minimum absolute atomic E-state index is 0.222. The minimum atomic E-state index is 0.222. The third kappa shape index (κ3) is 3.24. The lowest BCUT2D eigenvalue weighted by Gasteiger charge is -2.06. The Kier molecular flexibility index (Phi) is 3.88. The number of benzene rings is 1. The Morgan fingerprint density at radius 3 is 2.78 bits per heavy atom. The van der Waals surface area contributed by atoms with Gasteiger partial charge in [-0.25, -0.2) is 4.98 Å². The van der Waals surface area contributed by atoms with E-state index in [1.54, 1.807) is 6.07 Å². The summed E-state index contributed by atoms with van der Waals surface area (Å²) in [5.74, 6) is 0.642. The molecule has 0 aliphatic carbocycles. The topological polar surface area (TPSA) is 61.0 Å². The molecule has 0 spiro atoms. The Bertz CT molecular complexity index is 604. The maximum absolute atomic E-state index is 5.56. The van der Waals surface area contributed by atoms with Crippen LogP contribution in [0.3, 0.4) is 0 Å². The van der Waals surface area contributed by atoms with Crippen LogP contribution in [0.2, 0.25) is 0 Å². The maximum atomic E-state index is 5.56. The van der Waals surface area contributed by atoms with E-state index < -0.39 is 0 Å². The smallest absolute Gasteiger partial charge is 0.322 e. The van der Waals surface area contributed by atoms with Crippen LogP contribution in [-0.2, 0) is 0 Å². The highest BCUT2D eigenvalue weighted by atomic mass is 79.9. The first kappa shape index (κ1) is 12.9. The van der Waals surface area contributed by atoms with Crippen molar-refractivity contribution in [3.8, 4) is 11.8 Å². The van der Waals surface area contributed by atoms with Gasteiger partial charge in [0, 0.05) is 10.2 Å². The van der Waals surface area contributed by atoms with Gasteiger partial charge in [-0.3, -0.25) is 0 Å². The van der Waals surface area contributed by atoms with E-state index >= 15 is 0 Å². The number of aryl methyl sites for hydroxylation is 1. The number of hydrogen-bond acceptors (Lipinski definition) is 4. The zero-order chi connectivity index (χ0) is 13.1. The fourth-order valence-electron chi connectivity index (χ4n) is 1.35. The van der Waals surface area contributed by atoms with Crippen molar-refractivity contribution in [3.63, 3.8) is 0 Å². The second kappa shape index (κ2) is 5.41. The Morgan fingerprint density at radius 1 is 1.33 bits per heavy atom. The summed E-state index contributed by atoms with van der Waals surface area (Å²) in [4.78, 5) is 8.54. The first-order valence-electron chi connectivity index (χ1n) is 5.13. The van der Waals surface area contributed by atoms with Crippen LogP contribution in [0.4, 0.5) is 0 Å². The van der Waals surface area contributed by atoms with Crippen LogP contribution in [0, 0.1) is 6.92 Å². The average molecular weight is 324 g/mol. The molecule has 2 aromatic rings. The predicted octanol–water partition coefficient (Wildman–Crippen LogP) is 2.97. The lowest BCUT2D eigenvalue weighted by molar-refractivity contribution is 0.439. The Hall–Kier alpha value is -1.53. The monoisotopic (exact) mass is 323 g/mol. The van der Waals surface area contributed by atoms with Crippen molar-refractivity contribution in [3.05, 3.63) is 46.2 Å². The van der Waals surface area contributed by atoms with E-state index in [1.165, 1.54) is 0 Å². The molecule has 1 heterocycles. The number of ether oxygens (including phenoxy) is 1. The fraction of sp³-hybridized carbons (Fsp3) is 0.0833. The molecule has 0 bridgehead atoms. The third-order valence-electron chi connectivity index (χ3n) is 2.09. The molecule has 0 unspecified atom stereocenters. The average Bonchev–Trinajstić information content (AvgIpc) is 2.28. The van der Waals surface area contributed by atoms with Gasteiger partial charge in [-0.2, -0.15) is 4.98 Å². The van der Waals surface area contributed by atoms with Gasteiger partial charge < -0.3 is 10.5 Å². The van der Waals surface area contributed by atoms with Crippen LogP contribution >= 0.6 is 28.1 Å². The molecule has 4 nitrogen and oxygen atoms in total. The van der Waals surface area contributed by atoms with E-state index in [0.29, 0.717) is 11.4 Å². The Morgan fingerprint density at radius 2 is 2.11 bits per heavy atom. The van der Waals surface area contributed by atoms with Crippen LogP contribution in [0.1, 0.15) is 11.4 Å². The number of nitrogens with zero attached hydrogens (tertiary/aromatic N) is 2.